The third kappa shape index (κ3) is 5.23. The fourth-order valence-electron chi connectivity index (χ4n) is 4.60. The van der Waals surface area contributed by atoms with Crippen LogP contribution in [0.25, 0.3) is 0 Å². The van der Waals surface area contributed by atoms with Gasteiger partial charge in [0.1, 0.15) is 11.6 Å². The lowest BCUT2D eigenvalue weighted by atomic mass is 9.77. The van der Waals surface area contributed by atoms with Crippen molar-refractivity contribution in [3.05, 3.63) is 53.9 Å². The van der Waals surface area contributed by atoms with E-state index in [4.69, 9.17) is 15.3 Å². The number of nitrogens with one attached hydrogen (secondary N) is 3. The van der Waals surface area contributed by atoms with Gasteiger partial charge in [0.15, 0.2) is 0 Å². The molecule has 9 nitrogen and oxygen atoms in total. The van der Waals surface area contributed by atoms with Crippen molar-refractivity contribution in [3.8, 4) is 11.8 Å². The number of amidine groups is 1. The molecule has 1 aromatic carbocycles. The Morgan fingerprint density at radius 2 is 2.09 bits per heavy atom. The van der Waals surface area contributed by atoms with E-state index in [0.29, 0.717) is 25.3 Å². The first kappa shape index (κ1) is 22.6. The molecule has 2 aromatic rings. The molecule has 1 aromatic heterocycles. The Hall–Kier alpha value is -3.64. The van der Waals surface area contributed by atoms with Crippen molar-refractivity contribution in [1.29, 1.82) is 10.7 Å². The van der Waals surface area contributed by atoms with Gasteiger partial charge in [0.2, 0.25) is 0 Å². The smallest absolute Gasteiger partial charge is 0.410 e. The summed E-state index contributed by atoms with van der Waals surface area (Å²) in [5.74, 6) is 0.554. The minimum Gasteiger partial charge on any atom is -0.494 e. The molecule has 4 N–H and O–H groups in total. The Kier molecular flexibility index (Phi) is 6.75. The number of amides is 1. The molecule has 2 aliphatic heterocycles. The van der Waals surface area contributed by atoms with Gasteiger partial charge in [-0.25, -0.2) is 4.79 Å². The van der Waals surface area contributed by atoms with Crippen LogP contribution in [0.3, 0.4) is 0 Å². The second-order valence-corrected chi connectivity index (χ2v) is 8.52. The number of rotatable bonds is 6. The van der Waals surface area contributed by atoms with E-state index >= 15 is 0 Å². The van der Waals surface area contributed by atoms with Crippen LogP contribution in [0.1, 0.15) is 36.4 Å². The first-order valence-corrected chi connectivity index (χ1v) is 11.1. The number of nitriles is 1. The quantitative estimate of drug-likeness (QED) is 0.394. The zero-order valence-electron chi connectivity index (χ0n) is 18.4. The summed E-state index contributed by atoms with van der Waals surface area (Å²) in [4.78, 5) is 17.3. The maximum atomic E-state index is 10.9. The molecule has 0 radical (unpaired) electrons. The maximum Gasteiger partial charge on any atom is 0.410 e. The van der Waals surface area contributed by atoms with Crippen LogP contribution in [0.2, 0.25) is 0 Å². The van der Waals surface area contributed by atoms with Crippen molar-refractivity contribution in [1.82, 2.24) is 15.6 Å². The number of piperidine rings is 1. The van der Waals surface area contributed by atoms with Gasteiger partial charge in [-0.3, -0.25) is 15.7 Å². The van der Waals surface area contributed by atoms with Crippen molar-refractivity contribution in [3.63, 3.8) is 0 Å². The van der Waals surface area contributed by atoms with Crippen LogP contribution >= 0.6 is 0 Å². The number of carbonyl (C=O) groups is 1. The number of nitrogens with zero attached hydrogens (tertiary/aromatic N) is 3. The number of fused-ring (bicyclic) bond motifs is 1. The summed E-state index contributed by atoms with van der Waals surface area (Å²) < 4.78 is 6.01. The van der Waals surface area contributed by atoms with Crippen LogP contribution in [0.4, 0.5) is 10.5 Å². The molecular weight excluding hydrogens is 420 g/mol. The molecule has 33 heavy (non-hydrogen) atoms. The van der Waals surface area contributed by atoms with E-state index in [2.05, 4.69) is 26.6 Å². The molecule has 1 amide bonds. The largest absolute Gasteiger partial charge is 0.494 e. The number of hydrogen-bond acceptors (Lipinski definition) is 7. The fourth-order valence-corrected chi connectivity index (χ4v) is 4.60. The summed E-state index contributed by atoms with van der Waals surface area (Å²) in [5, 5.41) is 32.3. The van der Waals surface area contributed by atoms with Gasteiger partial charge >= 0.3 is 6.09 Å². The molecule has 0 spiro atoms. The van der Waals surface area contributed by atoms with Crippen LogP contribution in [0, 0.1) is 22.2 Å². The van der Waals surface area contributed by atoms with Crippen molar-refractivity contribution >= 4 is 17.6 Å². The van der Waals surface area contributed by atoms with Gasteiger partial charge < -0.3 is 20.1 Å². The Balaban J connectivity index is 1.36. The van der Waals surface area contributed by atoms with Crippen LogP contribution in [0.15, 0.2) is 42.7 Å². The molecule has 1 atom stereocenters. The van der Waals surface area contributed by atoms with Gasteiger partial charge in [0.05, 0.1) is 24.1 Å². The molecular formula is C24H28N6O3. The third-order valence-corrected chi connectivity index (χ3v) is 6.54. The maximum absolute atomic E-state index is 10.9. The molecule has 0 aliphatic carbocycles. The molecule has 4 rings (SSSR count). The monoisotopic (exact) mass is 448 g/mol. The lowest BCUT2D eigenvalue weighted by Crippen LogP contribution is -2.42. The lowest BCUT2D eigenvalue weighted by molar-refractivity contribution is 0.199. The Morgan fingerprint density at radius 1 is 1.33 bits per heavy atom. The van der Waals surface area contributed by atoms with Gasteiger partial charge in [0.25, 0.3) is 0 Å². The van der Waals surface area contributed by atoms with Crippen LogP contribution in [-0.4, -0.2) is 48.3 Å². The second kappa shape index (κ2) is 9.88. The highest BCUT2D eigenvalue weighted by molar-refractivity contribution is 5.97. The van der Waals surface area contributed by atoms with E-state index in [0.717, 1.165) is 49.2 Å². The number of anilines is 1. The van der Waals surface area contributed by atoms with Crippen molar-refractivity contribution in [2.45, 2.75) is 31.7 Å². The van der Waals surface area contributed by atoms with E-state index in [1.165, 1.54) is 0 Å². The molecule has 1 fully saturated rings. The van der Waals surface area contributed by atoms with E-state index in [9.17, 15) is 10.1 Å². The molecule has 9 heteroatoms. The Morgan fingerprint density at radius 3 is 2.79 bits per heavy atom. The van der Waals surface area contributed by atoms with Gasteiger partial charge in [-0.15, -0.1) is 0 Å². The molecule has 1 unspecified atom stereocenters. The highest BCUT2D eigenvalue weighted by Gasteiger charge is 2.35. The van der Waals surface area contributed by atoms with Crippen molar-refractivity contribution < 1.29 is 14.6 Å². The van der Waals surface area contributed by atoms with Gasteiger partial charge in [-0.1, -0.05) is 6.07 Å². The van der Waals surface area contributed by atoms with Crippen LogP contribution in [0.5, 0.6) is 5.75 Å². The SMILES string of the molecule is N#CC1(CCOc2ccc3c(c2)C(C(=N)NC(=O)O)NCC3)CCN(c2ccncc2)CC1. The summed E-state index contributed by atoms with van der Waals surface area (Å²) >= 11 is 0. The fraction of sp³-hybridized carbons (Fsp3) is 0.417. The average Bonchev–Trinajstić information content (AvgIpc) is 2.84. The summed E-state index contributed by atoms with van der Waals surface area (Å²) in [6.45, 7) is 2.73. The first-order valence-electron chi connectivity index (χ1n) is 11.1. The van der Waals surface area contributed by atoms with Crippen LogP contribution in [-0.2, 0) is 6.42 Å². The Bertz CT molecular complexity index is 1040. The number of aromatic nitrogens is 1. The lowest BCUT2D eigenvalue weighted by Gasteiger charge is -2.38. The number of pyridine rings is 1. The molecule has 0 bridgehead atoms. The molecule has 3 heterocycles. The summed E-state index contributed by atoms with van der Waals surface area (Å²) in [7, 11) is 0. The second-order valence-electron chi connectivity index (χ2n) is 8.52. The van der Waals surface area contributed by atoms with Gasteiger partial charge in [0, 0.05) is 44.1 Å². The highest BCUT2D eigenvalue weighted by Crippen LogP contribution is 2.36. The zero-order chi connectivity index (χ0) is 23.3. The van der Waals surface area contributed by atoms with E-state index in [1.54, 1.807) is 12.4 Å². The number of carboxylic acid groups (broad SMARTS) is 1. The third-order valence-electron chi connectivity index (χ3n) is 6.54. The van der Waals surface area contributed by atoms with E-state index in [-0.39, 0.29) is 5.84 Å². The molecule has 1 saturated heterocycles. The Labute approximate surface area is 192 Å². The van der Waals surface area contributed by atoms with Gasteiger partial charge in [-0.05, 0) is 54.7 Å². The van der Waals surface area contributed by atoms with Gasteiger partial charge in [-0.2, -0.15) is 5.26 Å². The average molecular weight is 449 g/mol. The summed E-state index contributed by atoms with van der Waals surface area (Å²) in [6.07, 6.45) is 5.33. The van der Waals surface area contributed by atoms with Crippen LogP contribution < -0.4 is 20.3 Å². The highest BCUT2D eigenvalue weighted by atomic mass is 16.5. The summed E-state index contributed by atoms with van der Waals surface area (Å²) in [6, 6.07) is 11.8. The zero-order valence-corrected chi connectivity index (χ0v) is 18.4. The predicted octanol–water partition coefficient (Wildman–Crippen LogP) is 3.09. The normalized spacial score (nSPS) is 19.1. The first-order chi connectivity index (χ1) is 16.0. The summed E-state index contributed by atoms with van der Waals surface area (Å²) in [5.41, 5.74) is 2.64. The molecule has 0 saturated carbocycles. The minimum atomic E-state index is -1.25. The predicted molar refractivity (Wildman–Crippen MR) is 124 cm³/mol. The topological polar surface area (TPSA) is 134 Å². The van der Waals surface area contributed by atoms with E-state index < -0.39 is 17.6 Å². The van der Waals surface area contributed by atoms with E-state index in [1.807, 2.05) is 30.3 Å². The van der Waals surface area contributed by atoms with Crippen molar-refractivity contribution in [2.75, 3.05) is 31.1 Å². The molecule has 172 valence electrons. The standard InChI is InChI=1S/C24H28N6O3/c25-16-24(6-12-30(13-7-24)18-4-9-27-10-5-18)8-14-33-19-2-1-17-3-11-28-21(20(17)15-19)22(26)29-23(31)32/h1-2,4-5,9-10,15,21,28H,3,6-8,11-14H2,(H2,26,29)(H,31,32). The number of hydrogen-bond donors (Lipinski definition) is 4. The molecule has 2 aliphatic rings. The number of ether oxygens (including phenoxy) is 1. The number of benzene rings is 1. The van der Waals surface area contributed by atoms with Crippen molar-refractivity contribution in [2.24, 2.45) is 5.41 Å². The minimum absolute atomic E-state index is 0.106.